The van der Waals surface area contributed by atoms with Crippen molar-refractivity contribution in [2.24, 2.45) is 0 Å². The van der Waals surface area contributed by atoms with Crippen molar-refractivity contribution in [3.63, 3.8) is 0 Å². The molecule has 0 spiro atoms. The number of benzene rings is 1. The van der Waals surface area contributed by atoms with Crippen molar-refractivity contribution in [2.45, 2.75) is 13.0 Å². The molecular formula is C22H22F2N8O. The molecule has 33 heavy (non-hydrogen) atoms. The highest BCUT2D eigenvalue weighted by Gasteiger charge is 2.19. The molecule has 0 saturated carbocycles. The molecule has 170 valence electrons. The van der Waals surface area contributed by atoms with Gasteiger partial charge in [0.25, 0.3) is 5.89 Å². The number of likely N-dealkylation sites (N-methyl/N-ethyl adjacent to an activating group) is 1. The van der Waals surface area contributed by atoms with E-state index in [2.05, 4.69) is 54.5 Å². The van der Waals surface area contributed by atoms with Crippen molar-refractivity contribution in [1.29, 1.82) is 0 Å². The fourth-order valence-corrected chi connectivity index (χ4v) is 3.76. The number of piperazine rings is 1. The van der Waals surface area contributed by atoms with E-state index in [-0.39, 0.29) is 5.89 Å². The maximum Gasteiger partial charge on any atom is 0.314 e. The Morgan fingerprint density at radius 1 is 1.00 bits per heavy atom. The highest BCUT2D eigenvalue weighted by Crippen LogP contribution is 2.30. The summed E-state index contributed by atoms with van der Waals surface area (Å²) in [6.07, 6.45) is 0.608. The number of nitrogens with zero attached hydrogens (tertiary/aromatic N) is 8. The van der Waals surface area contributed by atoms with E-state index in [1.807, 2.05) is 18.3 Å². The van der Waals surface area contributed by atoms with Gasteiger partial charge in [-0.1, -0.05) is 23.4 Å². The average Bonchev–Trinajstić information content (AvgIpc) is 3.51. The topological polar surface area (TPSA) is 89.0 Å². The second-order valence-corrected chi connectivity index (χ2v) is 7.89. The van der Waals surface area contributed by atoms with Gasteiger partial charge < -0.3 is 14.2 Å². The Labute approximate surface area is 188 Å². The second-order valence-electron chi connectivity index (χ2n) is 7.89. The molecular weight excluding hydrogens is 430 g/mol. The standard InChI is InChI=1S/C22H22F2N8O/c1-30-8-10-31(11-9-30)19-5-3-2-4-17(19)18-14-32(29-26-18)13-16-7-6-15(12-25-16)21-27-28-22(33-21)20(23)24/h2-7,12,14,20H,8-11,13H2,1H3. The van der Waals surface area contributed by atoms with Gasteiger partial charge in [0, 0.05) is 43.6 Å². The number of halogens is 2. The molecule has 4 heterocycles. The van der Waals surface area contributed by atoms with Gasteiger partial charge in [0.2, 0.25) is 5.89 Å². The maximum atomic E-state index is 12.6. The van der Waals surface area contributed by atoms with E-state index in [1.165, 1.54) is 6.20 Å². The molecule has 0 radical (unpaired) electrons. The Hall–Kier alpha value is -3.73. The summed E-state index contributed by atoms with van der Waals surface area (Å²) in [7, 11) is 2.14. The van der Waals surface area contributed by atoms with E-state index < -0.39 is 12.3 Å². The first kappa shape index (κ1) is 21.1. The van der Waals surface area contributed by atoms with Crippen molar-refractivity contribution in [2.75, 3.05) is 38.1 Å². The van der Waals surface area contributed by atoms with Gasteiger partial charge in [-0.15, -0.1) is 15.3 Å². The van der Waals surface area contributed by atoms with Gasteiger partial charge in [0.1, 0.15) is 5.69 Å². The Bertz CT molecular complexity index is 1220. The van der Waals surface area contributed by atoms with Gasteiger partial charge >= 0.3 is 6.43 Å². The summed E-state index contributed by atoms with van der Waals surface area (Å²) < 4.78 is 32.0. The lowest BCUT2D eigenvalue weighted by molar-refractivity contribution is 0.116. The SMILES string of the molecule is CN1CCN(c2ccccc2-c2cn(Cc3ccc(-c4nnc(C(F)F)o4)cn3)nn2)CC1. The molecule has 0 atom stereocenters. The largest absolute Gasteiger partial charge is 0.415 e. The van der Waals surface area contributed by atoms with Crippen LogP contribution in [0.4, 0.5) is 14.5 Å². The third-order valence-corrected chi connectivity index (χ3v) is 5.59. The first-order chi connectivity index (χ1) is 16.1. The molecule has 1 aliphatic heterocycles. The van der Waals surface area contributed by atoms with Gasteiger partial charge in [-0.3, -0.25) is 4.98 Å². The molecule has 0 unspecified atom stereocenters. The van der Waals surface area contributed by atoms with E-state index in [9.17, 15) is 8.78 Å². The fourth-order valence-electron chi connectivity index (χ4n) is 3.76. The van der Waals surface area contributed by atoms with Gasteiger partial charge in [-0.05, 0) is 25.2 Å². The Morgan fingerprint density at radius 3 is 2.55 bits per heavy atom. The van der Waals surface area contributed by atoms with Crippen LogP contribution in [0.5, 0.6) is 0 Å². The number of aromatic nitrogens is 6. The van der Waals surface area contributed by atoms with Crippen LogP contribution in [0.15, 0.2) is 53.2 Å². The number of hydrogen-bond donors (Lipinski definition) is 0. The molecule has 3 aromatic heterocycles. The van der Waals surface area contributed by atoms with Crippen molar-refractivity contribution < 1.29 is 13.2 Å². The van der Waals surface area contributed by atoms with E-state index in [0.29, 0.717) is 12.1 Å². The average molecular weight is 452 g/mol. The number of anilines is 1. The van der Waals surface area contributed by atoms with Crippen LogP contribution in [0.3, 0.4) is 0 Å². The molecule has 1 aromatic carbocycles. The summed E-state index contributed by atoms with van der Waals surface area (Å²) >= 11 is 0. The first-order valence-electron chi connectivity index (χ1n) is 10.6. The quantitative estimate of drug-likeness (QED) is 0.441. The van der Waals surface area contributed by atoms with Crippen molar-refractivity contribution in [1.82, 2.24) is 35.1 Å². The normalized spacial score (nSPS) is 14.8. The van der Waals surface area contributed by atoms with E-state index in [1.54, 1.807) is 16.8 Å². The monoisotopic (exact) mass is 452 g/mol. The minimum atomic E-state index is -2.80. The summed E-state index contributed by atoms with van der Waals surface area (Å²) in [4.78, 5) is 9.07. The van der Waals surface area contributed by atoms with Crippen LogP contribution in [-0.4, -0.2) is 68.3 Å². The molecule has 4 aromatic rings. The molecule has 1 fully saturated rings. The molecule has 0 amide bonds. The van der Waals surface area contributed by atoms with E-state index in [4.69, 9.17) is 4.42 Å². The highest BCUT2D eigenvalue weighted by atomic mass is 19.3. The minimum absolute atomic E-state index is 0.00732. The first-order valence-corrected chi connectivity index (χ1v) is 10.6. The smallest absolute Gasteiger partial charge is 0.314 e. The number of rotatable bonds is 6. The summed E-state index contributed by atoms with van der Waals surface area (Å²) in [5.74, 6) is -0.700. The lowest BCUT2D eigenvalue weighted by Gasteiger charge is -2.35. The summed E-state index contributed by atoms with van der Waals surface area (Å²) in [6, 6.07) is 11.7. The van der Waals surface area contributed by atoms with Crippen molar-refractivity contribution in [3.05, 3.63) is 60.4 Å². The molecule has 1 aliphatic rings. The molecule has 0 aliphatic carbocycles. The van der Waals surface area contributed by atoms with Crippen LogP contribution < -0.4 is 4.90 Å². The Balaban J connectivity index is 1.31. The molecule has 0 N–H and O–H groups in total. The zero-order valence-electron chi connectivity index (χ0n) is 18.0. The highest BCUT2D eigenvalue weighted by molar-refractivity contribution is 5.76. The third kappa shape index (κ3) is 4.58. The van der Waals surface area contributed by atoms with Crippen LogP contribution in [0.2, 0.25) is 0 Å². The zero-order chi connectivity index (χ0) is 22.8. The lowest BCUT2D eigenvalue weighted by Crippen LogP contribution is -2.44. The number of alkyl halides is 2. The maximum absolute atomic E-state index is 12.6. The van der Waals surface area contributed by atoms with Crippen molar-refractivity contribution in [3.8, 4) is 22.7 Å². The summed E-state index contributed by atoms with van der Waals surface area (Å²) in [5, 5.41) is 15.6. The van der Waals surface area contributed by atoms with Crippen molar-refractivity contribution >= 4 is 5.69 Å². The van der Waals surface area contributed by atoms with Crippen LogP contribution >= 0.6 is 0 Å². The summed E-state index contributed by atoms with van der Waals surface area (Å²) in [5.41, 5.74) is 4.20. The lowest BCUT2D eigenvalue weighted by atomic mass is 10.1. The Kier molecular flexibility index (Phi) is 5.78. The number of pyridine rings is 1. The number of hydrogen-bond acceptors (Lipinski definition) is 8. The van der Waals surface area contributed by atoms with Crippen LogP contribution in [0, 0.1) is 0 Å². The third-order valence-electron chi connectivity index (χ3n) is 5.59. The van der Waals surface area contributed by atoms with Gasteiger partial charge in [-0.25, -0.2) is 4.68 Å². The Morgan fingerprint density at radius 2 is 1.82 bits per heavy atom. The van der Waals surface area contributed by atoms with Gasteiger partial charge in [-0.2, -0.15) is 8.78 Å². The van der Waals surface area contributed by atoms with Gasteiger partial charge in [0.05, 0.1) is 24.0 Å². The van der Waals surface area contributed by atoms with Crippen LogP contribution in [0.1, 0.15) is 18.0 Å². The van der Waals surface area contributed by atoms with E-state index >= 15 is 0 Å². The fraction of sp³-hybridized carbons (Fsp3) is 0.318. The molecule has 0 bridgehead atoms. The zero-order valence-corrected chi connectivity index (χ0v) is 18.0. The predicted molar refractivity (Wildman–Crippen MR) is 117 cm³/mol. The second kappa shape index (κ2) is 9.02. The molecule has 11 heteroatoms. The van der Waals surface area contributed by atoms with Crippen LogP contribution in [-0.2, 0) is 6.54 Å². The molecule has 1 saturated heterocycles. The minimum Gasteiger partial charge on any atom is -0.415 e. The van der Waals surface area contributed by atoms with E-state index in [0.717, 1.165) is 48.8 Å². The predicted octanol–water partition coefficient (Wildman–Crippen LogP) is 3.13. The summed E-state index contributed by atoms with van der Waals surface area (Å²) in [6.45, 7) is 4.40. The van der Waals surface area contributed by atoms with Crippen LogP contribution in [0.25, 0.3) is 22.7 Å². The number of para-hydroxylation sites is 1. The molecule has 5 rings (SSSR count). The molecule has 9 nitrogen and oxygen atoms in total. The van der Waals surface area contributed by atoms with Gasteiger partial charge in [0.15, 0.2) is 0 Å².